The summed E-state index contributed by atoms with van der Waals surface area (Å²) in [5.41, 5.74) is 0. The first kappa shape index (κ1) is 15.7. The van der Waals surface area contributed by atoms with Gasteiger partial charge in [-0.1, -0.05) is 27.7 Å². The third-order valence-electron chi connectivity index (χ3n) is 2.42. The molecule has 0 saturated carbocycles. The maximum absolute atomic E-state index is 11.6. The molecule has 100 valence electrons. The molecule has 0 radical (unpaired) electrons. The van der Waals surface area contributed by atoms with Gasteiger partial charge in [0.15, 0.2) is 0 Å². The Hall–Kier alpha value is -1.26. The van der Waals surface area contributed by atoms with Crippen LogP contribution in [0.1, 0.15) is 41.0 Å². The molecule has 5 heteroatoms. The van der Waals surface area contributed by atoms with Crippen molar-refractivity contribution < 1.29 is 14.7 Å². The molecule has 0 aliphatic rings. The van der Waals surface area contributed by atoms with Gasteiger partial charge >= 0.3 is 12.0 Å². The lowest BCUT2D eigenvalue weighted by molar-refractivity contribution is -0.140. The molecule has 0 fully saturated rings. The molecule has 0 aromatic carbocycles. The third-order valence-corrected chi connectivity index (χ3v) is 2.42. The zero-order valence-corrected chi connectivity index (χ0v) is 11.3. The molecule has 0 aliphatic heterocycles. The molecule has 3 N–H and O–H groups in total. The van der Waals surface area contributed by atoms with Crippen LogP contribution in [0.4, 0.5) is 4.79 Å². The van der Waals surface area contributed by atoms with Crippen LogP contribution in [0.2, 0.25) is 0 Å². The van der Waals surface area contributed by atoms with Gasteiger partial charge in [-0.05, 0) is 25.2 Å². The molecule has 0 heterocycles. The average Bonchev–Trinajstić information content (AvgIpc) is 2.11. The highest BCUT2D eigenvalue weighted by Gasteiger charge is 2.23. The molecule has 0 spiro atoms. The second-order valence-electron chi connectivity index (χ2n) is 5.21. The summed E-state index contributed by atoms with van der Waals surface area (Å²) in [4.78, 5) is 22.5. The molecule has 2 amide bonds. The van der Waals surface area contributed by atoms with E-state index in [4.69, 9.17) is 5.11 Å². The Morgan fingerprint density at radius 2 is 1.59 bits per heavy atom. The number of hydrogen-bond acceptors (Lipinski definition) is 2. The first-order chi connectivity index (χ1) is 7.73. The summed E-state index contributed by atoms with van der Waals surface area (Å²) in [6.45, 7) is 9.58. The van der Waals surface area contributed by atoms with E-state index >= 15 is 0 Å². The molecule has 0 saturated heterocycles. The summed E-state index contributed by atoms with van der Waals surface area (Å²) in [7, 11) is 0. The predicted octanol–water partition coefficient (Wildman–Crippen LogP) is 1.83. The van der Waals surface area contributed by atoms with Crippen LogP contribution in [0.3, 0.4) is 0 Å². The average molecular weight is 244 g/mol. The van der Waals surface area contributed by atoms with E-state index in [2.05, 4.69) is 24.5 Å². The highest BCUT2D eigenvalue weighted by Crippen LogP contribution is 2.04. The minimum Gasteiger partial charge on any atom is -0.480 e. The molecule has 17 heavy (non-hydrogen) atoms. The van der Waals surface area contributed by atoms with Crippen molar-refractivity contribution >= 4 is 12.0 Å². The SMILES string of the molecule is CC(C)CC(C)NC(=O)NC(C(=O)O)C(C)C. The van der Waals surface area contributed by atoms with Crippen LogP contribution in [-0.4, -0.2) is 29.2 Å². The van der Waals surface area contributed by atoms with Crippen molar-refractivity contribution in [3.63, 3.8) is 0 Å². The van der Waals surface area contributed by atoms with Crippen LogP contribution >= 0.6 is 0 Å². The number of amides is 2. The quantitative estimate of drug-likeness (QED) is 0.667. The number of hydrogen-bond donors (Lipinski definition) is 3. The maximum Gasteiger partial charge on any atom is 0.326 e. The molecule has 0 aromatic heterocycles. The van der Waals surface area contributed by atoms with Crippen molar-refractivity contribution in [2.45, 2.75) is 53.1 Å². The topological polar surface area (TPSA) is 78.4 Å². The van der Waals surface area contributed by atoms with E-state index < -0.39 is 18.0 Å². The first-order valence-electron chi connectivity index (χ1n) is 6.03. The number of aliphatic carboxylic acids is 1. The van der Waals surface area contributed by atoms with E-state index in [-0.39, 0.29) is 12.0 Å². The van der Waals surface area contributed by atoms with Gasteiger partial charge < -0.3 is 15.7 Å². The fourth-order valence-corrected chi connectivity index (χ4v) is 1.69. The van der Waals surface area contributed by atoms with Crippen molar-refractivity contribution in [3.8, 4) is 0 Å². The van der Waals surface area contributed by atoms with Crippen molar-refractivity contribution in [2.24, 2.45) is 11.8 Å². The van der Waals surface area contributed by atoms with Gasteiger partial charge in [-0.25, -0.2) is 9.59 Å². The van der Waals surface area contributed by atoms with Gasteiger partial charge in [0.1, 0.15) is 6.04 Å². The second-order valence-corrected chi connectivity index (χ2v) is 5.21. The summed E-state index contributed by atoms with van der Waals surface area (Å²) in [6, 6.07) is -1.22. The Morgan fingerprint density at radius 1 is 1.06 bits per heavy atom. The third kappa shape index (κ3) is 6.81. The number of carbonyl (C=O) groups is 2. The lowest BCUT2D eigenvalue weighted by Gasteiger charge is -2.21. The van der Waals surface area contributed by atoms with Gasteiger partial charge in [0.25, 0.3) is 0 Å². The molecule has 2 unspecified atom stereocenters. The fourth-order valence-electron chi connectivity index (χ4n) is 1.69. The van der Waals surface area contributed by atoms with E-state index in [1.54, 1.807) is 13.8 Å². The lowest BCUT2D eigenvalue weighted by Crippen LogP contribution is -2.50. The highest BCUT2D eigenvalue weighted by molar-refractivity contribution is 5.82. The van der Waals surface area contributed by atoms with Crippen LogP contribution in [0.5, 0.6) is 0 Å². The van der Waals surface area contributed by atoms with E-state index in [0.717, 1.165) is 6.42 Å². The second kappa shape index (κ2) is 7.14. The Morgan fingerprint density at radius 3 is 1.94 bits per heavy atom. The van der Waals surface area contributed by atoms with E-state index in [1.807, 2.05) is 6.92 Å². The van der Waals surface area contributed by atoms with Crippen LogP contribution < -0.4 is 10.6 Å². The van der Waals surface area contributed by atoms with Gasteiger partial charge in [0, 0.05) is 6.04 Å². The van der Waals surface area contributed by atoms with E-state index in [9.17, 15) is 9.59 Å². The molecule has 2 atom stereocenters. The van der Waals surface area contributed by atoms with Gasteiger partial charge in [0.2, 0.25) is 0 Å². The number of rotatable bonds is 6. The van der Waals surface area contributed by atoms with Crippen LogP contribution in [-0.2, 0) is 4.79 Å². The van der Waals surface area contributed by atoms with Crippen LogP contribution in [0, 0.1) is 11.8 Å². The van der Waals surface area contributed by atoms with Crippen LogP contribution in [0.25, 0.3) is 0 Å². The van der Waals surface area contributed by atoms with Crippen molar-refractivity contribution in [1.29, 1.82) is 0 Å². The predicted molar refractivity (Wildman–Crippen MR) is 66.8 cm³/mol. The lowest BCUT2D eigenvalue weighted by atomic mass is 10.0. The largest absolute Gasteiger partial charge is 0.480 e. The van der Waals surface area contributed by atoms with Gasteiger partial charge in [-0.3, -0.25) is 0 Å². The smallest absolute Gasteiger partial charge is 0.326 e. The van der Waals surface area contributed by atoms with Crippen molar-refractivity contribution in [1.82, 2.24) is 10.6 Å². The zero-order chi connectivity index (χ0) is 13.6. The summed E-state index contributed by atoms with van der Waals surface area (Å²) in [6.07, 6.45) is 0.868. The van der Waals surface area contributed by atoms with Crippen LogP contribution in [0.15, 0.2) is 0 Å². The number of carbonyl (C=O) groups excluding carboxylic acids is 1. The Labute approximate surface area is 103 Å². The van der Waals surface area contributed by atoms with Gasteiger partial charge in [-0.15, -0.1) is 0 Å². The molecule has 0 aliphatic carbocycles. The Kier molecular flexibility index (Phi) is 6.61. The summed E-state index contributed by atoms with van der Waals surface area (Å²) >= 11 is 0. The summed E-state index contributed by atoms with van der Waals surface area (Å²) in [5.74, 6) is -0.656. The first-order valence-corrected chi connectivity index (χ1v) is 6.03. The summed E-state index contributed by atoms with van der Waals surface area (Å²) in [5, 5.41) is 14.1. The molecule has 5 nitrogen and oxygen atoms in total. The number of carboxylic acid groups (broad SMARTS) is 1. The van der Waals surface area contributed by atoms with Crippen molar-refractivity contribution in [3.05, 3.63) is 0 Å². The molecular weight excluding hydrogens is 220 g/mol. The number of nitrogens with one attached hydrogen (secondary N) is 2. The Bertz CT molecular complexity index is 264. The Balaban J connectivity index is 4.19. The minimum atomic E-state index is -1.01. The normalized spacial score (nSPS) is 14.5. The van der Waals surface area contributed by atoms with E-state index in [0.29, 0.717) is 5.92 Å². The van der Waals surface area contributed by atoms with Crippen molar-refractivity contribution in [2.75, 3.05) is 0 Å². The molecule has 0 bridgehead atoms. The fraction of sp³-hybridized carbons (Fsp3) is 0.833. The van der Waals surface area contributed by atoms with Gasteiger partial charge in [0.05, 0.1) is 0 Å². The van der Waals surface area contributed by atoms with E-state index in [1.165, 1.54) is 0 Å². The molecular formula is C12H24N2O3. The van der Waals surface area contributed by atoms with Gasteiger partial charge in [-0.2, -0.15) is 0 Å². The highest BCUT2D eigenvalue weighted by atomic mass is 16.4. The molecule has 0 aromatic rings. The number of urea groups is 1. The monoisotopic (exact) mass is 244 g/mol. The molecule has 0 rings (SSSR count). The zero-order valence-electron chi connectivity index (χ0n) is 11.3. The standard InChI is InChI=1S/C12H24N2O3/c1-7(2)6-9(5)13-12(17)14-10(8(3)4)11(15)16/h7-10H,6H2,1-5H3,(H,15,16)(H2,13,14,17). The maximum atomic E-state index is 11.6. The summed E-state index contributed by atoms with van der Waals surface area (Å²) < 4.78 is 0. The minimum absolute atomic E-state index is 0.0385. The number of carboxylic acids is 1.